The molecule has 1 saturated heterocycles. The summed E-state index contributed by atoms with van der Waals surface area (Å²) >= 11 is 8.71. The van der Waals surface area contributed by atoms with E-state index >= 15 is 4.11 Å². The second-order valence-electron chi connectivity index (χ2n) is 10.7. The summed E-state index contributed by atoms with van der Waals surface area (Å²) in [4.78, 5) is 16.1. The highest BCUT2D eigenvalue weighted by Gasteiger charge is 2.66. The number of aliphatic hydroxyl groups excluding tert-OH is 1. The first-order chi connectivity index (χ1) is 18.0. The molecule has 0 unspecified atom stereocenters. The molecule has 3 aromatic rings. The van der Waals surface area contributed by atoms with Gasteiger partial charge >= 0.3 is 0 Å². The summed E-state index contributed by atoms with van der Waals surface area (Å²) in [5.74, 6) is -0.552. The van der Waals surface area contributed by atoms with E-state index in [1.54, 1.807) is 34.9 Å². The lowest BCUT2D eigenvalue weighted by Gasteiger charge is -2.31. The smallest absolute Gasteiger partial charge is 0.264 e. The van der Waals surface area contributed by atoms with Crippen LogP contribution < -0.4 is 4.90 Å². The molecule has 1 amide bonds. The van der Waals surface area contributed by atoms with Gasteiger partial charge in [0.05, 0.1) is 24.0 Å². The number of aromatic nitrogens is 3. The second-order valence-corrected chi connectivity index (χ2v) is 16.2. The maximum atomic E-state index is 16.0. The topological polar surface area (TPSA) is 80.5 Å². The summed E-state index contributed by atoms with van der Waals surface area (Å²) in [7, 11) is -3.26. The van der Waals surface area contributed by atoms with Crippen LogP contribution in [0, 0.1) is 9.49 Å². The van der Waals surface area contributed by atoms with Crippen LogP contribution >= 0.6 is 34.2 Å². The van der Waals surface area contributed by atoms with Crippen LogP contribution in [-0.2, 0) is 34.6 Å². The number of ether oxygens (including phenoxy) is 1. The molecule has 7 nitrogen and oxygen atoms in total. The van der Waals surface area contributed by atoms with Crippen molar-refractivity contribution in [1.29, 1.82) is 0 Å². The summed E-state index contributed by atoms with van der Waals surface area (Å²) in [5, 5.41) is 17.9. The van der Waals surface area contributed by atoms with Crippen LogP contribution in [0.25, 0.3) is 0 Å². The molecule has 2 aliphatic heterocycles. The van der Waals surface area contributed by atoms with Crippen molar-refractivity contribution in [2.75, 3.05) is 11.5 Å². The first-order valence-corrected chi connectivity index (χ1v) is 17.2. The molecule has 1 aromatic heterocycles. The Hall–Kier alpha value is -1.86. The molecule has 0 aliphatic carbocycles. The summed E-state index contributed by atoms with van der Waals surface area (Å²) < 4.78 is 25.5. The highest BCUT2D eigenvalue weighted by Crippen LogP contribution is 2.60. The van der Waals surface area contributed by atoms with Crippen LogP contribution in [0.5, 0.6) is 0 Å². The van der Waals surface area contributed by atoms with Crippen LogP contribution in [0.15, 0.2) is 48.7 Å². The monoisotopic (exact) mass is 668 g/mol. The van der Waals surface area contributed by atoms with E-state index in [0.717, 1.165) is 14.8 Å². The van der Waals surface area contributed by atoms with Crippen molar-refractivity contribution < 1.29 is 18.7 Å². The summed E-state index contributed by atoms with van der Waals surface area (Å²) in [6, 6.07) is 13.5. The van der Waals surface area contributed by atoms with Gasteiger partial charge in [-0.1, -0.05) is 35.9 Å². The molecule has 1 fully saturated rings. The van der Waals surface area contributed by atoms with E-state index < -0.39 is 25.7 Å². The van der Waals surface area contributed by atoms with Crippen molar-refractivity contribution >= 4 is 54.2 Å². The predicted octanol–water partition coefficient (Wildman–Crippen LogP) is 5.48. The third-order valence-corrected chi connectivity index (χ3v) is 11.2. The lowest BCUT2D eigenvalue weighted by molar-refractivity contribution is -0.146. The molecule has 0 radical (unpaired) electrons. The van der Waals surface area contributed by atoms with Crippen LogP contribution in [0.1, 0.15) is 30.2 Å². The summed E-state index contributed by atoms with van der Waals surface area (Å²) in [6.45, 7) is 6.19. The van der Waals surface area contributed by atoms with E-state index in [1.165, 1.54) is 0 Å². The molecule has 1 N–H and O–H groups in total. The van der Waals surface area contributed by atoms with E-state index in [2.05, 4.69) is 32.9 Å². The standard InChI is InChI=1S/C27H31ClFIN4O3Si/c1-17-25(38(2,3)29)24(10-12-33-16-21(11-13-35)31-32-33)37-27(17)22-14-19(28)6-9-23(22)34(26(27)36)15-18-4-7-20(30)8-5-18/h4-9,14,16-17,24-25,35H,10-13,15H2,1-3H3/t17-,24+,25-,27+/m0/s1. The quantitative estimate of drug-likeness (QED) is 0.195. The van der Waals surface area contributed by atoms with Gasteiger partial charge in [0.25, 0.3) is 5.91 Å². The number of rotatable bonds is 8. The zero-order valence-electron chi connectivity index (χ0n) is 21.6. The Labute approximate surface area is 241 Å². The Kier molecular flexibility index (Phi) is 7.73. The fourth-order valence-electron chi connectivity index (χ4n) is 6.16. The van der Waals surface area contributed by atoms with Gasteiger partial charge in [0, 0.05) is 51.4 Å². The third-order valence-electron chi connectivity index (χ3n) is 7.77. The maximum absolute atomic E-state index is 16.0. The molecular formula is C27H31ClFIN4O3Si. The molecule has 2 aliphatic rings. The van der Waals surface area contributed by atoms with E-state index in [1.807, 2.05) is 43.3 Å². The zero-order valence-corrected chi connectivity index (χ0v) is 25.5. The third kappa shape index (κ3) is 4.94. The molecule has 202 valence electrons. The van der Waals surface area contributed by atoms with Gasteiger partial charge in [-0.25, -0.2) is 0 Å². The molecule has 4 atom stereocenters. The number of nitrogens with zero attached hydrogens (tertiary/aromatic N) is 4. The lowest BCUT2D eigenvalue weighted by atomic mass is 9.82. The molecule has 2 aromatic carbocycles. The number of carbonyl (C=O) groups is 1. The number of aryl methyl sites for hydroxylation is 1. The summed E-state index contributed by atoms with van der Waals surface area (Å²) in [5.41, 5.74) is 1.46. The van der Waals surface area contributed by atoms with Gasteiger partial charge in [0.1, 0.15) is 0 Å². The molecule has 1 spiro atoms. The van der Waals surface area contributed by atoms with E-state index in [-0.39, 0.29) is 18.4 Å². The van der Waals surface area contributed by atoms with Gasteiger partial charge in [0.2, 0.25) is 8.41 Å². The largest absolute Gasteiger partial charge is 0.396 e. The zero-order chi connectivity index (χ0) is 27.2. The number of benzene rings is 2. The van der Waals surface area contributed by atoms with Gasteiger partial charge in [-0.3, -0.25) is 9.48 Å². The highest BCUT2D eigenvalue weighted by molar-refractivity contribution is 14.1. The molecule has 11 heteroatoms. The van der Waals surface area contributed by atoms with Crippen LogP contribution in [-0.4, -0.2) is 47.1 Å². The van der Waals surface area contributed by atoms with Gasteiger partial charge in [-0.15, -0.1) is 5.10 Å². The minimum Gasteiger partial charge on any atom is -0.396 e. The van der Waals surface area contributed by atoms with Crippen molar-refractivity contribution in [2.24, 2.45) is 5.92 Å². The van der Waals surface area contributed by atoms with E-state index in [4.69, 9.17) is 16.3 Å². The second kappa shape index (κ2) is 10.6. The average Bonchev–Trinajstić information content (AvgIpc) is 3.50. The van der Waals surface area contributed by atoms with E-state index in [9.17, 15) is 9.90 Å². The van der Waals surface area contributed by atoms with Crippen molar-refractivity contribution in [1.82, 2.24) is 15.0 Å². The fraction of sp³-hybridized carbons (Fsp3) is 0.444. The highest BCUT2D eigenvalue weighted by atomic mass is 127. The predicted molar refractivity (Wildman–Crippen MR) is 155 cm³/mol. The first kappa shape index (κ1) is 27.7. The number of carbonyl (C=O) groups excluding carboxylic acids is 1. The average molecular weight is 669 g/mol. The Morgan fingerprint density at radius 3 is 2.66 bits per heavy atom. The van der Waals surface area contributed by atoms with Crippen LogP contribution in [0.4, 0.5) is 9.80 Å². The van der Waals surface area contributed by atoms with Crippen molar-refractivity contribution in [3.63, 3.8) is 0 Å². The maximum Gasteiger partial charge on any atom is 0.264 e. The lowest BCUT2D eigenvalue weighted by Crippen LogP contribution is -2.45. The Morgan fingerprint density at radius 1 is 1.24 bits per heavy atom. The fourth-order valence-corrected chi connectivity index (χ4v) is 9.23. The molecular weight excluding hydrogens is 638 g/mol. The Balaban J connectivity index is 1.50. The minimum atomic E-state index is -3.26. The van der Waals surface area contributed by atoms with Crippen LogP contribution in [0.3, 0.4) is 0 Å². The number of amides is 1. The minimum absolute atomic E-state index is 0.00300. The van der Waals surface area contributed by atoms with Crippen molar-refractivity contribution in [3.05, 3.63) is 74.1 Å². The number of halogens is 3. The van der Waals surface area contributed by atoms with E-state index in [0.29, 0.717) is 42.2 Å². The van der Waals surface area contributed by atoms with Crippen molar-refractivity contribution in [2.45, 2.75) is 63.2 Å². The normalized spacial score (nSPS) is 25.0. The van der Waals surface area contributed by atoms with Gasteiger partial charge in [0.15, 0.2) is 5.60 Å². The molecule has 5 rings (SSSR count). The SMILES string of the molecule is C[C@H]1[C@H]([Si](C)(C)F)[C@@H](CCn2cc(CCO)nn2)O[C@]12C(=O)N(Cc1ccc(I)cc1)c1ccc(Cl)cc12. The molecule has 0 bridgehead atoms. The van der Waals surface area contributed by atoms with Gasteiger partial charge in [-0.05, 0) is 78.0 Å². The number of anilines is 1. The summed E-state index contributed by atoms with van der Waals surface area (Å²) in [6.07, 6.45) is 2.22. The molecule has 0 saturated carbocycles. The number of hydrogen-bond acceptors (Lipinski definition) is 5. The number of fused-ring (bicyclic) bond motifs is 2. The molecule has 38 heavy (non-hydrogen) atoms. The molecule has 3 heterocycles. The van der Waals surface area contributed by atoms with Crippen LogP contribution in [0.2, 0.25) is 23.7 Å². The first-order valence-electron chi connectivity index (χ1n) is 12.8. The number of hydrogen-bond donors (Lipinski definition) is 1. The van der Waals surface area contributed by atoms with Gasteiger partial charge in [-0.2, -0.15) is 0 Å². The number of aliphatic hydroxyl groups is 1. The van der Waals surface area contributed by atoms with Gasteiger partial charge < -0.3 is 18.9 Å². The Bertz CT molecular complexity index is 1330. The van der Waals surface area contributed by atoms with Crippen molar-refractivity contribution in [3.8, 4) is 0 Å². The Morgan fingerprint density at radius 2 is 1.97 bits per heavy atom.